The summed E-state index contributed by atoms with van der Waals surface area (Å²) in [7, 11) is 1.83. The second kappa shape index (κ2) is 4.63. The van der Waals surface area contributed by atoms with Crippen molar-refractivity contribution in [2.45, 2.75) is 0 Å². The van der Waals surface area contributed by atoms with Gasteiger partial charge in [-0.2, -0.15) is 0 Å². The van der Waals surface area contributed by atoms with Crippen LogP contribution < -0.4 is 5.32 Å². The SMILES string of the molecule is C=CCNC(=O)c1cc2cccc(Cl)c2n1C. The topological polar surface area (TPSA) is 34.0 Å². The number of aromatic nitrogens is 1. The van der Waals surface area contributed by atoms with Gasteiger partial charge in [0.25, 0.3) is 5.91 Å². The van der Waals surface area contributed by atoms with Crippen LogP contribution in [-0.4, -0.2) is 17.0 Å². The zero-order valence-corrected chi connectivity index (χ0v) is 10.3. The van der Waals surface area contributed by atoms with Crippen molar-refractivity contribution in [1.82, 2.24) is 9.88 Å². The number of carbonyl (C=O) groups excluding carboxylic acids is 1. The summed E-state index contributed by atoms with van der Waals surface area (Å²) >= 11 is 6.12. The average Bonchev–Trinajstić information content (AvgIpc) is 2.65. The van der Waals surface area contributed by atoms with Gasteiger partial charge in [-0.25, -0.2) is 0 Å². The number of fused-ring (bicyclic) bond motifs is 1. The molecule has 17 heavy (non-hydrogen) atoms. The van der Waals surface area contributed by atoms with Crippen molar-refractivity contribution in [1.29, 1.82) is 0 Å². The van der Waals surface area contributed by atoms with Gasteiger partial charge in [0.1, 0.15) is 5.69 Å². The fourth-order valence-electron chi connectivity index (χ4n) is 1.84. The van der Waals surface area contributed by atoms with Gasteiger partial charge in [0.2, 0.25) is 0 Å². The number of amides is 1. The third kappa shape index (κ3) is 2.06. The summed E-state index contributed by atoms with van der Waals surface area (Å²) in [5.41, 5.74) is 1.47. The zero-order chi connectivity index (χ0) is 12.4. The van der Waals surface area contributed by atoms with Gasteiger partial charge in [0, 0.05) is 19.0 Å². The Morgan fingerprint density at radius 2 is 2.35 bits per heavy atom. The monoisotopic (exact) mass is 248 g/mol. The molecular formula is C13H13ClN2O. The number of aryl methyl sites for hydroxylation is 1. The van der Waals surface area contributed by atoms with Crippen LogP contribution in [0.2, 0.25) is 5.02 Å². The Balaban J connectivity index is 2.49. The van der Waals surface area contributed by atoms with E-state index in [-0.39, 0.29) is 5.91 Å². The standard InChI is InChI=1S/C13H13ClN2O/c1-3-7-15-13(17)11-8-9-5-4-6-10(14)12(9)16(11)2/h3-6,8H,1,7H2,2H3,(H,15,17). The van der Waals surface area contributed by atoms with Crippen LogP contribution in [-0.2, 0) is 7.05 Å². The Morgan fingerprint density at radius 3 is 3.00 bits per heavy atom. The highest BCUT2D eigenvalue weighted by molar-refractivity contribution is 6.35. The number of carbonyl (C=O) groups is 1. The van der Waals surface area contributed by atoms with E-state index in [2.05, 4.69) is 11.9 Å². The molecule has 3 nitrogen and oxygen atoms in total. The first-order chi connectivity index (χ1) is 8.15. The van der Waals surface area contributed by atoms with Gasteiger partial charge in [-0.05, 0) is 12.1 Å². The molecule has 1 N–H and O–H groups in total. The summed E-state index contributed by atoms with van der Waals surface area (Å²) in [5.74, 6) is -0.125. The lowest BCUT2D eigenvalue weighted by molar-refractivity contribution is 0.0950. The van der Waals surface area contributed by atoms with Gasteiger partial charge in [0.05, 0.1) is 10.5 Å². The molecule has 0 aliphatic heterocycles. The molecule has 0 fully saturated rings. The fourth-order valence-corrected chi connectivity index (χ4v) is 2.15. The van der Waals surface area contributed by atoms with E-state index in [1.54, 1.807) is 10.6 Å². The smallest absolute Gasteiger partial charge is 0.268 e. The van der Waals surface area contributed by atoms with Crippen molar-refractivity contribution in [3.63, 3.8) is 0 Å². The van der Waals surface area contributed by atoms with Crippen molar-refractivity contribution in [2.24, 2.45) is 7.05 Å². The van der Waals surface area contributed by atoms with Crippen LogP contribution >= 0.6 is 11.6 Å². The van der Waals surface area contributed by atoms with Crippen molar-refractivity contribution >= 4 is 28.4 Å². The third-order valence-electron chi connectivity index (χ3n) is 2.65. The second-order valence-corrected chi connectivity index (χ2v) is 4.17. The number of hydrogen-bond acceptors (Lipinski definition) is 1. The highest BCUT2D eigenvalue weighted by Gasteiger charge is 2.13. The molecule has 2 rings (SSSR count). The van der Waals surface area contributed by atoms with Crippen LogP contribution in [0.3, 0.4) is 0 Å². The molecular weight excluding hydrogens is 236 g/mol. The van der Waals surface area contributed by atoms with Gasteiger partial charge in [-0.1, -0.05) is 29.8 Å². The normalized spacial score (nSPS) is 10.5. The maximum atomic E-state index is 11.9. The first kappa shape index (κ1) is 11.7. The molecule has 1 amide bonds. The van der Waals surface area contributed by atoms with Crippen LogP contribution in [0, 0.1) is 0 Å². The average molecular weight is 249 g/mol. The highest BCUT2D eigenvalue weighted by atomic mass is 35.5. The molecule has 1 aromatic heterocycles. The van der Waals surface area contributed by atoms with E-state index in [1.807, 2.05) is 31.3 Å². The van der Waals surface area contributed by atoms with E-state index >= 15 is 0 Å². The molecule has 2 aromatic rings. The Hall–Kier alpha value is -1.74. The Bertz CT molecular complexity index is 586. The molecule has 88 valence electrons. The predicted octanol–water partition coefficient (Wildman–Crippen LogP) is 2.75. The Morgan fingerprint density at radius 1 is 1.59 bits per heavy atom. The second-order valence-electron chi connectivity index (χ2n) is 3.76. The lowest BCUT2D eigenvalue weighted by Crippen LogP contribution is -2.25. The predicted molar refractivity (Wildman–Crippen MR) is 70.5 cm³/mol. The van der Waals surface area contributed by atoms with Gasteiger partial charge in [0.15, 0.2) is 0 Å². The van der Waals surface area contributed by atoms with E-state index in [9.17, 15) is 4.79 Å². The van der Waals surface area contributed by atoms with E-state index in [0.29, 0.717) is 17.3 Å². The van der Waals surface area contributed by atoms with Crippen molar-refractivity contribution in [3.05, 3.63) is 47.6 Å². The Kier molecular flexibility index (Phi) is 3.20. The molecule has 0 aliphatic rings. The molecule has 0 saturated carbocycles. The van der Waals surface area contributed by atoms with E-state index in [1.165, 1.54) is 0 Å². The van der Waals surface area contributed by atoms with Gasteiger partial charge in [-0.3, -0.25) is 4.79 Å². The van der Waals surface area contributed by atoms with Crippen LogP contribution in [0.5, 0.6) is 0 Å². The largest absolute Gasteiger partial charge is 0.347 e. The van der Waals surface area contributed by atoms with Crippen LogP contribution in [0.25, 0.3) is 10.9 Å². The molecule has 0 spiro atoms. The quantitative estimate of drug-likeness (QED) is 0.833. The number of nitrogens with zero attached hydrogens (tertiary/aromatic N) is 1. The molecule has 0 aliphatic carbocycles. The summed E-state index contributed by atoms with van der Waals surface area (Å²) in [6.45, 7) is 4.02. The van der Waals surface area contributed by atoms with E-state index < -0.39 is 0 Å². The van der Waals surface area contributed by atoms with Crippen LogP contribution in [0.1, 0.15) is 10.5 Å². The number of nitrogens with one attached hydrogen (secondary N) is 1. The molecule has 0 radical (unpaired) electrons. The fraction of sp³-hybridized carbons (Fsp3) is 0.154. The summed E-state index contributed by atoms with van der Waals surface area (Å²) < 4.78 is 1.80. The molecule has 0 saturated heterocycles. The summed E-state index contributed by atoms with van der Waals surface area (Å²) in [4.78, 5) is 11.9. The number of benzene rings is 1. The van der Waals surface area contributed by atoms with Crippen molar-refractivity contribution < 1.29 is 4.79 Å². The summed E-state index contributed by atoms with van der Waals surface area (Å²) in [5, 5.41) is 4.36. The van der Waals surface area contributed by atoms with Crippen molar-refractivity contribution in [3.8, 4) is 0 Å². The molecule has 0 atom stereocenters. The number of halogens is 1. The molecule has 1 heterocycles. The minimum atomic E-state index is -0.125. The molecule has 0 bridgehead atoms. The zero-order valence-electron chi connectivity index (χ0n) is 9.53. The maximum Gasteiger partial charge on any atom is 0.268 e. The van der Waals surface area contributed by atoms with Crippen LogP contribution in [0.4, 0.5) is 0 Å². The lowest BCUT2D eigenvalue weighted by Gasteiger charge is -2.04. The highest BCUT2D eigenvalue weighted by Crippen LogP contribution is 2.25. The minimum absolute atomic E-state index is 0.125. The number of rotatable bonds is 3. The van der Waals surface area contributed by atoms with Gasteiger partial charge in [-0.15, -0.1) is 6.58 Å². The minimum Gasteiger partial charge on any atom is -0.347 e. The first-order valence-electron chi connectivity index (χ1n) is 5.28. The summed E-state index contributed by atoms with van der Waals surface area (Å²) in [6, 6.07) is 7.45. The van der Waals surface area contributed by atoms with Crippen molar-refractivity contribution in [2.75, 3.05) is 6.54 Å². The van der Waals surface area contributed by atoms with E-state index in [4.69, 9.17) is 11.6 Å². The van der Waals surface area contributed by atoms with Gasteiger partial charge >= 0.3 is 0 Å². The molecule has 0 unspecified atom stereocenters. The molecule has 4 heteroatoms. The van der Waals surface area contributed by atoms with Crippen LogP contribution in [0.15, 0.2) is 36.9 Å². The number of para-hydroxylation sites is 1. The third-order valence-corrected chi connectivity index (χ3v) is 2.95. The molecule has 1 aromatic carbocycles. The van der Waals surface area contributed by atoms with Gasteiger partial charge < -0.3 is 9.88 Å². The number of hydrogen-bond donors (Lipinski definition) is 1. The first-order valence-corrected chi connectivity index (χ1v) is 5.66. The summed E-state index contributed by atoms with van der Waals surface area (Å²) in [6.07, 6.45) is 1.65. The maximum absolute atomic E-state index is 11.9. The lowest BCUT2D eigenvalue weighted by atomic mass is 10.2. The Labute approximate surface area is 105 Å². The van der Waals surface area contributed by atoms with E-state index in [0.717, 1.165) is 10.9 Å².